The van der Waals surface area contributed by atoms with Gasteiger partial charge in [0.2, 0.25) is 0 Å². The molecule has 1 fully saturated rings. The average molecular weight is 390 g/mol. The van der Waals surface area contributed by atoms with Crippen molar-refractivity contribution < 1.29 is 33.0 Å². The molecule has 152 valence electrons. The van der Waals surface area contributed by atoms with Crippen LogP contribution in [0.15, 0.2) is 24.3 Å². The minimum absolute atomic E-state index is 0.377. The first-order chi connectivity index (χ1) is 12.6. The molecule has 9 heteroatoms. The van der Waals surface area contributed by atoms with Crippen LogP contribution in [0.2, 0.25) is 0 Å². The molecule has 1 aromatic carbocycles. The third kappa shape index (κ3) is 7.56. The molecule has 1 aliphatic heterocycles. The Morgan fingerprint density at radius 1 is 1.07 bits per heavy atom. The monoisotopic (exact) mass is 390 g/mol. The highest BCUT2D eigenvalue weighted by molar-refractivity contribution is 6.27. The Morgan fingerprint density at radius 2 is 1.59 bits per heavy atom. The first-order valence-electron chi connectivity index (χ1n) is 8.64. The molecule has 2 rings (SSSR count). The van der Waals surface area contributed by atoms with E-state index in [2.05, 4.69) is 23.6 Å². The topological polar surface area (TPSA) is 81.1 Å². The number of halogens is 3. The summed E-state index contributed by atoms with van der Waals surface area (Å²) < 4.78 is 39.0. The first-order valence-corrected chi connectivity index (χ1v) is 8.64. The Bertz CT molecular complexity index is 617. The zero-order chi connectivity index (χ0) is 20.6. The van der Waals surface area contributed by atoms with Crippen molar-refractivity contribution in [3.05, 3.63) is 35.4 Å². The van der Waals surface area contributed by atoms with Crippen molar-refractivity contribution in [3.63, 3.8) is 0 Å². The van der Waals surface area contributed by atoms with Crippen molar-refractivity contribution >= 4 is 11.9 Å². The molecule has 0 spiro atoms. The summed E-state index contributed by atoms with van der Waals surface area (Å²) in [4.78, 5) is 22.7. The number of piperazine rings is 1. The van der Waals surface area contributed by atoms with Crippen molar-refractivity contribution in [2.24, 2.45) is 0 Å². The zero-order valence-electron chi connectivity index (χ0n) is 15.4. The molecule has 0 radical (unpaired) electrons. The van der Waals surface area contributed by atoms with Gasteiger partial charge in [-0.3, -0.25) is 9.80 Å². The number of carboxylic acids is 2. The van der Waals surface area contributed by atoms with E-state index in [0.717, 1.165) is 32.6 Å². The second kappa shape index (κ2) is 10.3. The largest absolute Gasteiger partial charge is 0.473 e. The van der Waals surface area contributed by atoms with Crippen LogP contribution in [0.3, 0.4) is 0 Å². The Labute approximate surface area is 156 Å². The summed E-state index contributed by atoms with van der Waals surface area (Å²) >= 11 is 0. The average Bonchev–Trinajstić information content (AvgIpc) is 2.61. The smallest absolute Gasteiger partial charge is 0.416 e. The molecule has 1 unspecified atom stereocenters. The summed E-state index contributed by atoms with van der Waals surface area (Å²) in [6, 6.07) is 6.44. The fraction of sp³-hybridized carbons (Fsp3) is 0.556. The van der Waals surface area contributed by atoms with Gasteiger partial charge in [-0.1, -0.05) is 25.1 Å². The number of benzene rings is 1. The lowest BCUT2D eigenvalue weighted by atomic mass is 10.1. The number of rotatable bonds is 4. The Balaban J connectivity index is 0.000000527. The van der Waals surface area contributed by atoms with Crippen LogP contribution in [0.5, 0.6) is 0 Å². The van der Waals surface area contributed by atoms with E-state index in [4.69, 9.17) is 19.8 Å². The molecule has 6 nitrogen and oxygen atoms in total. The fourth-order valence-electron chi connectivity index (χ4n) is 2.80. The lowest BCUT2D eigenvalue weighted by molar-refractivity contribution is -0.159. The van der Waals surface area contributed by atoms with Crippen LogP contribution in [0.25, 0.3) is 0 Å². The third-order valence-corrected chi connectivity index (χ3v) is 4.52. The summed E-state index contributed by atoms with van der Waals surface area (Å²) in [6.07, 6.45) is -3.16. The van der Waals surface area contributed by atoms with E-state index in [1.807, 2.05) is 0 Å². The minimum Gasteiger partial charge on any atom is -0.473 e. The zero-order valence-corrected chi connectivity index (χ0v) is 15.4. The van der Waals surface area contributed by atoms with E-state index in [1.54, 1.807) is 12.1 Å². The molecule has 0 saturated carbocycles. The van der Waals surface area contributed by atoms with Gasteiger partial charge in [0.25, 0.3) is 0 Å². The maximum atomic E-state index is 13.0. The predicted octanol–water partition coefficient (Wildman–Crippen LogP) is 2.78. The predicted molar refractivity (Wildman–Crippen MR) is 93.3 cm³/mol. The lowest BCUT2D eigenvalue weighted by Gasteiger charge is -2.38. The van der Waals surface area contributed by atoms with E-state index < -0.39 is 23.7 Å². The number of carboxylic acid groups (broad SMARTS) is 2. The molecule has 1 aliphatic rings. The number of hydrogen-bond acceptors (Lipinski definition) is 4. The second-order valence-electron chi connectivity index (χ2n) is 6.33. The number of alkyl halides is 3. The van der Waals surface area contributed by atoms with Gasteiger partial charge in [-0.05, 0) is 25.0 Å². The molecule has 1 heterocycles. The van der Waals surface area contributed by atoms with Crippen LogP contribution >= 0.6 is 0 Å². The van der Waals surface area contributed by atoms with Crippen LogP contribution in [0, 0.1) is 0 Å². The van der Waals surface area contributed by atoms with Crippen molar-refractivity contribution in [1.29, 1.82) is 0 Å². The fourth-order valence-corrected chi connectivity index (χ4v) is 2.80. The van der Waals surface area contributed by atoms with Crippen LogP contribution in [0.1, 0.15) is 31.4 Å². The van der Waals surface area contributed by atoms with Gasteiger partial charge in [0.05, 0.1) is 5.56 Å². The molecule has 0 aromatic heterocycles. The standard InChI is InChI=1S/C16H23F3N2.C2H2O4/c1-3-13(2)21-10-8-20(9-11-21)12-14-6-4-5-7-15(14)16(17,18)19;3-1(4)2(5)6/h4-7,13H,3,8-12H2,1-2H3;(H,3,4)(H,5,6). The van der Waals surface area contributed by atoms with E-state index in [-0.39, 0.29) is 0 Å². The molecule has 27 heavy (non-hydrogen) atoms. The molecular weight excluding hydrogens is 365 g/mol. The van der Waals surface area contributed by atoms with Gasteiger partial charge in [-0.15, -0.1) is 0 Å². The van der Waals surface area contributed by atoms with Gasteiger partial charge < -0.3 is 10.2 Å². The van der Waals surface area contributed by atoms with Crippen LogP contribution in [-0.2, 0) is 22.3 Å². The number of nitrogens with zero attached hydrogens (tertiary/aromatic N) is 2. The lowest BCUT2D eigenvalue weighted by Crippen LogP contribution is -2.49. The van der Waals surface area contributed by atoms with Crippen molar-refractivity contribution in [2.75, 3.05) is 26.2 Å². The number of hydrogen-bond donors (Lipinski definition) is 2. The molecule has 0 amide bonds. The van der Waals surface area contributed by atoms with Gasteiger partial charge in [0.15, 0.2) is 0 Å². The van der Waals surface area contributed by atoms with Crippen molar-refractivity contribution in [3.8, 4) is 0 Å². The molecular formula is C18H25F3N2O4. The van der Waals surface area contributed by atoms with Gasteiger partial charge in [0, 0.05) is 38.8 Å². The second-order valence-corrected chi connectivity index (χ2v) is 6.33. The number of carbonyl (C=O) groups is 2. The Kier molecular flexibility index (Phi) is 8.71. The SMILES string of the molecule is CCC(C)N1CCN(Cc2ccccc2C(F)(F)F)CC1.O=C(O)C(=O)O. The molecule has 0 bridgehead atoms. The number of aliphatic carboxylic acids is 2. The van der Waals surface area contributed by atoms with Gasteiger partial charge in [-0.25, -0.2) is 9.59 Å². The molecule has 1 aromatic rings. The Morgan fingerprint density at radius 3 is 2.04 bits per heavy atom. The molecule has 1 saturated heterocycles. The van der Waals surface area contributed by atoms with E-state index in [9.17, 15) is 13.2 Å². The van der Waals surface area contributed by atoms with Gasteiger partial charge >= 0.3 is 18.1 Å². The summed E-state index contributed by atoms with van der Waals surface area (Å²) in [7, 11) is 0. The van der Waals surface area contributed by atoms with E-state index in [0.29, 0.717) is 18.2 Å². The first kappa shape index (κ1) is 22.9. The molecule has 2 N–H and O–H groups in total. The van der Waals surface area contributed by atoms with E-state index in [1.165, 1.54) is 12.1 Å². The summed E-state index contributed by atoms with van der Waals surface area (Å²) in [5.74, 6) is -3.65. The highest BCUT2D eigenvalue weighted by Gasteiger charge is 2.33. The minimum atomic E-state index is -4.27. The highest BCUT2D eigenvalue weighted by atomic mass is 19.4. The van der Waals surface area contributed by atoms with Crippen molar-refractivity contribution in [2.45, 2.75) is 39.0 Å². The maximum absolute atomic E-state index is 13.0. The summed E-state index contributed by atoms with van der Waals surface area (Å²) in [6.45, 7) is 8.27. The van der Waals surface area contributed by atoms with Crippen LogP contribution < -0.4 is 0 Å². The highest BCUT2D eigenvalue weighted by Crippen LogP contribution is 2.32. The van der Waals surface area contributed by atoms with Crippen molar-refractivity contribution in [1.82, 2.24) is 9.80 Å². The van der Waals surface area contributed by atoms with Gasteiger partial charge in [0.1, 0.15) is 0 Å². The third-order valence-electron chi connectivity index (χ3n) is 4.52. The maximum Gasteiger partial charge on any atom is 0.416 e. The molecule has 0 aliphatic carbocycles. The summed E-state index contributed by atoms with van der Waals surface area (Å²) in [5, 5.41) is 14.8. The summed E-state index contributed by atoms with van der Waals surface area (Å²) in [5.41, 5.74) is -0.128. The molecule has 1 atom stereocenters. The van der Waals surface area contributed by atoms with Crippen LogP contribution in [-0.4, -0.2) is 64.2 Å². The Hall–Kier alpha value is -2.13. The van der Waals surface area contributed by atoms with E-state index >= 15 is 0 Å². The quantitative estimate of drug-likeness (QED) is 0.770. The van der Waals surface area contributed by atoms with Crippen LogP contribution in [0.4, 0.5) is 13.2 Å². The normalized spacial score (nSPS) is 16.9. The van der Waals surface area contributed by atoms with Gasteiger partial charge in [-0.2, -0.15) is 13.2 Å².